The van der Waals surface area contributed by atoms with Gasteiger partial charge in [-0.15, -0.1) is 0 Å². The zero-order chi connectivity index (χ0) is 9.52. The summed E-state index contributed by atoms with van der Waals surface area (Å²) < 4.78 is 5.57. The number of hydrogen-bond donors (Lipinski definition) is 1. The maximum atomic E-state index is 5.57. The summed E-state index contributed by atoms with van der Waals surface area (Å²) in [6.07, 6.45) is 2.16. The zero-order valence-electron chi connectivity index (χ0n) is 7.95. The van der Waals surface area contributed by atoms with Crippen molar-refractivity contribution in [3.8, 4) is 0 Å². The Morgan fingerprint density at radius 3 is 2.77 bits per heavy atom. The Kier molecular flexibility index (Phi) is 5.47. The van der Waals surface area contributed by atoms with Gasteiger partial charge in [-0.3, -0.25) is 0 Å². The molecule has 1 nitrogen and oxygen atoms in total. The van der Waals surface area contributed by atoms with Crippen molar-refractivity contribution in [2.45, 2.75) is 25.5 Å². The minimum atomic E-state index is 0.978. The van der Waals surface area contributed by atoms with Crippen LogP contribution in [0.4, 0.5) is 0 Å². The Morgan fingerprint density at radius 2 is 2.15 bits per heavy atom. The van der Waals surface area contributed by atoms with Crippen molar-refractivity contribution in [3.63, 3.8) is 0 Å². The van der Waals surface area contributed by atoms with E-state index in [1.807, 2.05) is 11.8 Å². The molecule has 0 aliphatic heterocycles. The van der Waals surface area contributed by atoms with E-state index in [0.717, 1.165) is 29.4 Å². The predicted molar refractivity (Wildman–Crippen MR) is 62.7 cm³/mol. The number of thiol groups is 1. The first-order valence-corrected chi connectivity index (χ1v) is 6.41. The fourth-order valence-electron chi connectivity index (χ4n) is 1.03. The molecule has 1 heterocycles. The second-order valence-electron chi connectivity index (χ2n) is 2.85. The average molecular weight is 216 g/mol. The van der Waals surface area contributed by atoms with Crippen molar-refractivity contribution >= 4 is 24.4 Å². The van der Waals surface area contributed by atoms with Crippen LogP contribution < -0.4 is 0 Å². The molecular weight excluding hydrogens is 200 g/mol. The van der Waals surface area contributed by atoms with Crippen LogP contribution in [0.15, 0.2) is 16.5 Å². The van der Waals surface area contributed by atoms with Crippen molar-refractivity contribution in [2.75, 3.05) is 11.5 Å². The molecule has 0 unspecified atom stereocenters. The third kappa shape index (κ3) is 4.14. The summed E-state index contributed by atoms with van der Waals surface area (Å²) in [5.74, 6) is 5.33. The van der Waals surface area contributed by atoms with Crippen molar-refractivity contribution in [3.05, 3.63) is 23.7 Å². The summed E-state index contributed by atoms with van der Waals surface area (Å²) in [6.45, 7) is 2.11. The van der Waals surface area contributed by atoms with E-state index in [0.29, 0.717) is 0 Å². The molecule has 0 aliphatic carbocycles. The van der Waals surface area contributed by atoms with Crippen LogP contribution in [0.5, 0.6) is 0 Å². The molecule has 1 rings (SSSR count). The molecule has 3 heteroatoms. The van der Waals surface area contributed by atoms with Crippen molar-refractivity contribution in [1.82, 2.24) is 0 Å². The van der Waals surface area contributed by atoms with Crippen LogP contribution >= 0.6 is 24.4 Å². The lowest BCUT2D eigenvalue weighted by Gasteiger charge is -1.96. The molecule has 0 bridgehead atoms. The summed E-state index contributed by atoms with van der Waals surface area (Å²) in [7, 11) is 0. The van der Waals surface area contributed by atoms with Gasteiger partial charge in [0.25, 0.3) is 0 Å². The standard InChI is InChI=1S/C10H16OS2/c1-2-9-4-5-10(11-9)8-13-7-3-6-12/h4-5,12H,2-3,6-8H2,1H3. The maximum Gasteiger partial charge on any atom is 0.114 e. The number of rotatable bonds is 6. The average Bonchev–Trinajstić information content (AvgIpc) is 2.60. The monoisotopic (exact) mass is 216 g/mol. The smallest absolute Gasteiger partial charge is 0.114 e. The van der Waals surface area contributed by atoms with Gasteiger partial charge in [-0.2, -0.15) is 24.4 Å². The lowest BCUT2D eigenvalue weighted by atomic mass is 10.4. The van der Waals surface area contributed by atoms with Gasteiger partial charge in [0.1, 0.15) is 11.5 Å². The van der Waals surface area contributed by atoms with Crippen LogP contribution in [-0.2, 0) is 12.2 Å². The summed E-state index contributed by atoms with van der Waals surface area (Å²) in [4.78, 5) is 0. The van der Waals surface area contributed by atoms with Gasteiger partial charge in [-0.25, -0.2) is 0 Å². The normalized spacial score (nSPS) is 10.6. The molecule has 0 N–H and O–H groups in total. The summed E-state index contributed by atoms with van der Waals surface area (Å²) in [6, 6.07) is 4.14. The molecule has 0 amide bonds. The Labute approximate surface area is 89.7 Å². The van der Waals surface area contributed by atoms with Crippen molar-refractivity contribution in [1.29, 1.82) is 0 Å². The number of thioether (sulfide) groups is 1. The number of hydrogen-bond acceptors (Lipinski definition) is 3. The first-order valence-electron chi connectivity index (χ1n) is 4.63. The highest BCUT2D eigenvalue weighted by atomic mass is 32.2. The SMILES string of the molecule is CCc1ccc(CSCCCS)o1. The van der Waals surface area contributed by atoms with E-state index in [1.165, 1.54) is 12.2 Å². The highest BCUT2D eigenvalue weighted by molar-refractivity contribution is 7.98. The predicted octanol–water partition coefficient (Wildman–Crippen LogP) is 3.40. The molecule has 0 radical (unpaired) electrons. The Balaban J connectivity index is 2.20. The van der Waals surface area contributed by atoms with Gasteiger partial charge >= 0.3 is 0 Å². The molecule has 0 saturated carbocycles. The van der Waals surface area contributed by atoms with Gasteiger partial charge in [0.15, 0.2) is 0 Å². The van der Waals surface area contributed by atoms with Gasteiger partial charge in [-0.05, 0) is 30.1 Å². The minimum absolute atomic E-state index is 0.978. The second-order valence-corrected chi connectivity index (χ2v) is 4.40. The third-order valence-corrected chi connectivity index (χ3v) is 3.14. The number of furan rings is 1. The Bertz CT molecular complexity index is 233. The van der Waals surface area contributed by atoms with Gasteiger partial charge in [0.05, 0.1) is 5.75 Å². The quantitative estimate of drug-likeness (QED) is 0.578. The van der Waals surface area contributed by atoms with Crippen LogP contribution in [0.1, 0.15) is 24.9 Å². The molecule has 0 aromatic carbocycles. The first kappa shape index (κ1) is 11.1. The fourth-order valence-corrected chi connectivity index (χ4v) is 2.25. The largest absolute Gasteiger partial charge is 0.465 e. The van der Waals surface area contributed by atoms with Gasteiger partial charge in [-0.1, -0.05) is 6.92 Å². The highest BCUT2D eigenvalue weighted by Gasteiger charge is 1.99. The number of aryl methyl sites for hydroxylation is 1. The molecule has 74 valence electrons. The van der Waals surface area contributed by atoms with Gasteiger partial charge in [0.2, 0.25) is 0 Å². The molecule has 0 spiro atoms. The molecule has 0 atom stereocenters. The lowest BCUT2D eigenvalue weighted by molar-refractivity contribution is 0.485. The summed E-state index contributed by atoms with van der Waals surface area (Å²) in [5, 5.41) is 0. The van der Waals surface area contributed by atoms with E-state index in [9.17, 15) is 0 Å². The van der Waals surface area contributed by atoms with Crippen molar-refractivity contribution < 1.29 is 4.42 Å². The topological polar surface area (TPSA) is 13.1 Å². The summed E-state index contributed by atoms with van der Waals surface area (Å²) in [5.41, 5.74) is 0. The van der Waals surface area contributed by atoms with Crippen LogP contribution in [-0.4, -0.2) is 11.5 Å². The van der Waals surface area contributed by atoms with Gasteiger partial charge in [0, 0.05) is 6.42 Å². The lowest BCUT2D eigenvalue weighted by Crippen LogP contribution is -1.82. The Hall–Kier alpha value is -0.0200. The third-order valence-electron chi connectivity index (χ3n) is 1.76. The molecule has 0 aliphatic rings. The van der Waals surface area contributed by atoms with E-state index in [2.05, 4.69) is 31.7 Å². The van der Waals surface area contributed by atoms with Crippen LogP contribution in [0.3, 0.4) is 0 Å². The first-order chi connectivity index (χ1) is 6.36. The molecule has 0 fully saturated rings. The van der Waals surface area contributed by atoms with Crippen LogP contribution in [0, 0.1) is 0 Å². The van der Waals surface area contributed by atoms with E-state index in [1.54, 1.807) is 0 Å². The molecule has 1 aromatic heterocycles. The summed E-state index contributed by atoms with van der Waals surface area (Å²) >= 11 is 6.08. The highest BCUT2D eigenvalue weighted by Crippen LogP contribution is 2.16. The minimum Gasteiger partial charge on any atom is -0.465 e. The van der Waals surface area contributed by atoms with Gasteiger partial charge < -0.3 is 4.42 Å². The van der Waals surface area contributed by atoms with Crippen LogP contribution in [0.25, 0.3) is 0 Å². The van der Waals surface area contributed by atoms with Crippen LogP contribution in [0.2, 0.25) is 0 Å². The van der Waals surface area contributed by atoms with E-state index < -0.39 is 0 Å². The second kappa shape index (κ2) is 6.44. The molecule has 1 aromatic rings. The molecule has 13 heavy (non-hydrogen) atoms. The molecule has 0 saturated heterocycles. The maximum absolute atomic E-state index is 5.57. The van der Waals surface area contributed by atoms with E-state index >= 15 is 0 Å². The molecular formula is C10H16OS2. The zero-order valence-corrected chi connectivity index (χ0v) is 9.66. The Morgan fingerprint density at radius 1 is 1.38 bits per heavy atom. The van der Waals surface area contributed by atoms with E-state index in [4.69, 9.17) is 4.42 Å². The fraction of sp³-hybridized carbons (Fsp3) is 0.600. The van der Waals surface area contributed by atoms with Crippen molar-refractivity contribution in [2.24, 2.45) is 0 Å². The van der Waals surface area contributed by atoms with E-state index in [-0.39, 0.29) is 0 Å².